The summed E-state index contributed by atoms with van der Waals surface area (Å²) in [6.45, 7) is 0.413. The Bertz CT molecular complexity index is 765. The molecule has 1 heterocycles. The number of hydrogen-bond donors (Lipinski definition) is 2. The van der Waals surface area contributed by atoms with Crippen molar-refractivity contribution in [1.29, 1.82) is 0 Å². The maximum Gasteiger partial charge on any atom is 0.319 e. The maximum absolute atomic E-state index is 12.2. The molecule has 2 aromatic carbocycles. The molecule has 1 fully saturated rings. The zero-order valence-corrected chi connectivity index (χ0v) is 14.1. The molecule has 0 saturated carbocycles. The van der Waals surface area contributed by atoms with E-state index in [1.54, 1.807) is 53.4 Å². The number of nitrogens with one attached hydrogen (secondary N) is 2. The van der Waals surface area contributed by atoms with Crippen LogP contribution < -0.4 is 15.5 Å². The molecule has 0 radical (unpaired) electrons. The fraction of sp³-hybridized carbons (Fsp3) is 0.176. The first kappa shape index (κ1) is 16.6. The van der Waals surface area contributed by atoms with E-state index < -0.39 is 0 Å². The van der Waals surface area contributed by atoms with Crippen molar-refractivity contribution in [3.05, 3.63) is 58.6 Å². The molecule has 0 bridgehead atoms. The molecule has 3 amide bonds. The lowest BCUT2D eigenvalue weighted by Gasteiger charge is -2.17. The first-order valence-corrected chi connectivity index (χ1v) is 8.16. The third kappa shape index (κ3) is 3.80. The third-order valence-corrected chi connectivity index (χ3v) is 4.30. The molecule has 7 heteroatoms. The van der Waals surface area contributed by atoms with Crippen LogP contribution in [0.15, 0.2) is 48.5 Å². The molecule has 0 aliphatic carbocycles. The van der Waals surface area contributed by atoms with Gasteiger partial charge < -0.3 is 15.5 Å². The molecule has 24 heavy (non-hydrogen) atoms. The van der Waals surface area contributed by atoms with Crippen LogP contribution >= 0.6 is 23.2 Å². The van der Waals surface area contributed by atoms with E-state index in [-0.39, 0.29) is 24.4 Å². The molecule has 3 rings (SSSR count). The van der Waals surface area contributed by atoms with Gasteiger partial charge in [0.2, 0.25) is 5.91 Å². The Hall–Kier alpha value is -2.24. The molecule has 5 nitrogen and oxygen atoms in total. The number of rotatable bonds is 3. The third-order valence-electron chi connectivity index (χ3n) is 3.72. The van der Waals surface area contributed by atoms with E-state index in [4.69, 9.17) is 23.2 Å². The molecule has 1 atom stereocenters. The van der Waals surface area contributed by atoms with Crippen molar-refractivity contribution in [2.45, 2.75) is 12.5 Å². The van der Waals surface area contributed by atoms with Gasteiger partial charge in [0.25, 0.3) is 0 Å². The normalized spacial score (nSPS) is 17.0. The van der Waals surface area contributed by atoms with E-state index in [0.717, 1.165) is 5.69 Å². The molecule has 0 spiro atoms. The van der Waals surface area contributed by atoms with Crippen molar-refractivity contribution >= 4 is 46.5 Å². The number of halogens is 2. The van der Waals surface area contributed by atoms with E-state index >= 15 is 0 Å². The van der Waals surface area contributed by atoms with Crippen molar-refractivity contribution in [2.75, 3.05) is 16.8 Å². The summed E-state index contributed by atoms with van der Waals surface area (Å²) in [6, 6.07) is 13.3. The predicted molar refractivity (Wildman–Crippen MR) is 95.8 cm³/mol. The second-order valence-corrected chi connectivity index (χ2v) is 6.30. The van der Waals surface area contributed by atoms with Crippen LogP contribution in [0.2, 0.25) is 10.0 Å². The summed E-state index contributed by atoms with van der Waals surface area (Å²) >= 11 is 11.9. The Morgan fingerprint density at radius 2 is 1.79 bits per heavy atom. The van der Waals surface area contributed by atoms with Gasteiger partial charge in [0, 0.05) is 23.7 Å². The van der Waals surface area contributed by atoms with Gasteiger partial charge in [0.15, 0.2) is 0 Å². The molecule has 1 aliphatic heterocycles. The highest BCUT2D eigenvalue weighted by Gasteiger charge is 2.31. The van der Waals surface area contributed by atoms with E-state index in [0.29, 0.717) is 22.3 Å². The molecule has 1 saturated heterocycles. The first-order valence-electron chi connectivity index (χ1n) is 7.41. The van der Waals surface area contributed by atoms with Gasteiger partial charge >= 0.3 is 6.03 Å². The van der Waals surface area contributed by atoms with Gasteiger partial charge in [-0.2, -0.15) is 0 Å². The minimum absolute atomic E-state index is 0.0413. The number of nitrogens with zero attached hydrogens (tertiary/aromatic N) is 1. The second kappa shape index (κ2) is 7.11. The molecule has 2 aromatic rings. The summed E-state index contributed by atoms with van der Waals surface area (Å²) in [7, 11) is 0. The number of carbonyl (C=O) groups excluding carboxylic acids is 2. The molecule has 124 valence electrons. The van der Waals surface area contributed by atoms with Crippen LogP contribution in [0.5, 0.6) is 0 Å². The lowest BCUT2D eigenvalue weighted by Crippen LogP contribution is -2.39. The summed E-state index contributed by atoms with van der Waals surface area (Å²) in [5.41, 5.74) is 1.29. The summed E-state index contributed by atoms with van der Waals surface area (Å²) in [5.74, 6) is -0.0413. The Labute approximate surface area is 149 Å². The minimum atomic E-state index is -0.390. The highest BCUT2D eigenvalue weighted by atomic mass is 35.5. The number of urea groups is 1. The number of benzene rings is 2. The topological polar surface area (TPSA) is 61.4 Å². The van der Waals surface area contributed by atoms with Gasteiger partial charge in [-0.05, 0) is 36.4 Å². The van der Waals surface area contributed by atoms with Crippen LogP contribution in [0.3, 0.4) is 0 Å². The lowest BCUT2D eigenvalue weighted by molar-refractivity contribution is -0.117. The Kier molecular flexibility index (Phi) is 4.92. The molecular weight excluding hydrogens is 349 g/mol. The van der Waals surface area contributed by atoms with Crippen LogP contribution in [0.1, 0.15) is 6.42 Å². The Balaban J connectivity index is 1.61. The van der Waals surface area contributed by atoms with Gasteiger partial charge in [0.1, 0.15) is 0 Å². The van der Waals surface area contributed by atoms with Crippen molar-refractivity contribution in [2.24, 2.45) is 0 Å². The summed E-state index contributed by atoms with van der Waals surface area (Å²) in [6.07, 6.45) is 0.249. The number of para-hydroxylation sites is 1. The smallest absolute Gasteiger partial charge is 0.319 e. The van der Waals surface area contributed by atoms with Crippen molar-refractivity contribution in [1.82, 2.24) is 5.32 Å². The van der Waals surface area contributed by atoms with E-state index in [9.17, 15) is 9.59 Å². The highest BCUT2D eigenvalue weighted by Crippen LogP contribution is 2.24. The summed E-state index contributed by atoms with van der Waals surface area (Å²) in [5, 5.41) is 6.55. The van der Waals surface area contributed by atoms with Crippen molar-refractivity contribution in [3.8, 4) is 0 Å². The fourth-order valence-electron chi connectivity index (χ4n) is 2.58. The highest BCUT2D eigenvalue weighted by molar-refractivity contribution is 6.33. The Morgan fingerprint density at radius 3 is 2.50 bits per heavy atom. The van der Waals surface area contributed by atoms with Crippen LogP contribution in [0.4, 0.5) is 16.2 Å². The molecule has 0 aromatic heterocycles. The molecule has 2 N–H and O–H groups in total. The number of hydrogen-bond acceptors (Lipinski definition) is 2. The van der Waals surface area contributed by atoms with Gasteiger partial charge in [-0.3, -0.25) is 4.79 Å². The maximum atomic E-state index is 12.2. The van der Waals surface area contributed by atoms with Gasteiger partial charge in [-0.1, -0.05) is 35.3 Å². The SMILES string of the molecule is O=C(Nc1ccccc1Cl)NC1CC(=O)N(c2ccc(Cl)cc2)C1. The molecule has 1 unspecified atom stereocenters. The van der Waals surface area contributed by atoms with E-state index in [1.165, 1.54) is 0 Å². The van der Waals surface area contributed by atoms with Gasteiger partial charge in [-0.15, -0.1) is 0 Å². The van der Waals surface area contributed by atoms with Gasteiger partial charge in [0.05, 0.1) is 16.8 Å². The number of anilines is 2. The monoisotopic (exact) mass is 363 g/mol. The summed E-state index contributed by atoms with van der Waals surface area (Å²) < 4.78 is 0. The average Bonchev–Trinajstić information content (AvgIpc) is 2.90. The van der Waals surface area contributed by atoms with Crippen molar-refractivity contribution < 1.29 is 9.59 Å². The average molecular weight is 364 g/mol. The second-order valence-electron chi connectivity index (χ2n) is 5.46. The quantitative estimate of drug-likeness (QED) is 0.867. The Morgan fingerprint density at radius 1 is 1.08 bits per heavy atom. The van der Waals surface area contributed by atoms with E-state index in [2.05, 4.69) is 10.6 Å². The zero-order chi connectivity index (χ0) is 17.1. The predicted octanol–water partition coefficient (Wildman–Crippen LogP) is 3.92. The van der Waals surface area contributed by atoms with Crippen LogP contribution in [0.25, 0.3) is 0 Å². The number of carbonyl (C=O) groups is 2. The first-order chi connectivity index (χ1) is 11.5. The number of amides is 3. The van der Waals surface area contributed by atoms with Crippen LogP contribution in [0, 0.1) is 0 Å². The lowest BCUT2D eigenvalue weighted by atomic mass is 10.2. The standard InChI is InChI=1S/C17H15Cl2N3O2/c18-11-5-7-13(8-6-11)22-10-12(9-16(22)23)20-17(24)21-15-4-2-1-3-14(15)19/h1-8,12H,9-10H2,(H2,20,21,24). The fourth-order valence-corrected chi connectivity index (χ4v) is 2.89. The minimum Gasteiger partial charge on any atom is -0.333 e. The van der Waals surface area contributed by atoms with E-state index in [1.807, 2.05) is 0 Å². The molecule has 1 aliphatic rings. The van der Waals surface area contributed by atoms with Crippen molar-refractivity contribution in [3.63, 3.8) is 0 Å². The largest absolute Gasteiger partial charge is 0.333 e. The summed E-state index contributed by atoms with van der Waals surface area (Å²) in [4.78, 5) is 25.9. The zero-order valence-electron chi connectivity index (χ0n) is 12.6. The van der Waals surface area contributed by atoms with Crippen LogP contribution in [-0.2, 0) is 4.79 Å². The molecular formula is C17H15Cl2N3O2. The van der Waals surface area contributed by atoms with Gasteiger partial charge in [-0.25, -0.2) is 4.79 Å². The van der Waals surface area contributed by atoms with Crippen LogP contribution in [-0.4, -0.2) is 24.5 Å².